The fraction of sp³-hybridized carbons (Fsp3) is 0.0909. The highest BCUT2D eigenvalue weighted by Gasteiger charge is 2.15. The van der Waals surface area contributed by atoms with Crippen LogP contribution in [0.1, 0.15) is 23.1 Å². The summed E-state index contributed by atoms with van der Waals surface area (Å²) in [5.74, 6) is 0.631. The maximum Gasteiger partial charge on any atom is 0.240 e. The predicted molar refractivity (Wildman–Crippen MR) is 101 cm³/mol. The van der Waals surface area contributed by atoms with Crippen LogP contribution in [0.2, 0.25) is 0 Å². The molecule has 4 nitrogen and oxygen atoms in total. The summed E-state index contributed by atoms with van der Waals surface area (Å²) in [6, 6.07) is 26.5. The van der Waals surface area contributed by atoms with Crippen LogP contribution in [0, 0.1) is 5.82 Å². The van der Waals surface area contributed by atoms with E-state index in [1.807, 2.05) is 36.4 Å². The summed E-state index contributed by atoms with van der Waals surface area (Å²) in [5, 5.41) is 7.48. The minimum absolute atomic E-state index is 0.00794. The second-order valence-corrected chi connectivity index (χ2v) is 6.15. The average molecular weight is 359 g/mol. The molecule has 0 aliphatic rings. The first-order chi connectivity index (χ1) is 13.3. The molecule has 3 aromatic carbocycles. The van der Waals surface area contributed by atoms with Crippen molar-refractivity contribution in [2.24, 2.45) is 0 Å². The lowest BCUT2D eigenvalue weighted by molar-refractivity contribution is 0.363. The first-order valence-corrected chi connectivity index (χ1v) is 8.71. The SMILES string of the molecule is Fc1ccc(-c2noc(CNC(c3ccccc3)c3ccccc3)n2)cc1. The number of rotatable bonds is 6. The molecule has 1 aromatic heterocycles. The van der Waals surface area contributed by atoms with E-state index in [0.29, 0.717) is 23.8 Å². The van der Waals surface area contributed by atoms with E-state index in [9.17, 15) is 4.39 Å². The third-order valence-electron chi connectivity index (χ3n) is 4.29. The van der Waals surface area contributed by atoms with Crippen LogP contribution in [-0.4, -0.2) is 10.1 Å². The second kappa shape index (κ2) is 7.93. The van der Waals surface area contributed by atoms with Crippen molar-refractivity contribution in [1.82, 2.24) is 15.5 Å². The standard InChI is InChI=1S/C22H18FN3O/c23-19-13-11-18(12-14-19)22-25-20(27-26-22)15-24-21(16-7-3-1-4-8-16)17-9-5-2-6-10-17/h1-14,21,24H,15H2. The Morgan fingerprint density at radius 2 is 1.41 bits per heavy atom. The van der Waals surface area contributed by atoms with Crippen molar-refractivity contribution >= 4 is 0 Å². The predicted octanol–water partition coefficient (Wildman–Crippen LogP) is 4.75. The number of aromatic nitrogens is 2. The summed E-state index contributed by atoms with van der Waals surface area (Å²) in [6.07, 6.45) is 0. The van der Waals surface area contributed by atoms with E-state index in [1.54, 1.807) is 12.1 Å². The van der Waals surface area contributed by atoms with Gasteiger partial charge in [-0.2, -0.15) is 4.98 Å². The quantitative estimate of drug-likeness (QED) is 0.539. The number of nitrogens with one attached hydrogen (secondary N) is 1. The van der Waals surface area contributed by atoms with Crippen molar-refractivity contribution in [3.05, 3.63) is 108 Å². The molecular formula is C22H18FN3O. The molecule has 0 spiro atoms. The third kappa shape index (κ3) is 4.10. The summed E-state index contributed by atoms with van der Waals surface area (Å²) in [7, 11) is 0. The number of hydrogen-bond donors (Lipinski definition) is 1. The normalized spacial score (nSPS) is 11.0. The summed E-state index contributed by atoms with van der Waals surface area (Å²) in [6.45, 7) is 0.419. The van der Waals surface area contributed by atoms with Gasteiger partial charge < -0.3 is 4.52 Å². The summed E-state index contributed by atoms with van der Waals surface area (Å²) in [4.78, 5) is 4.41. The van der Waals surface area contributed by atoms with Gasteiger partial charge in [0.1, 0.15) is 5.82 Å². The number of halogens is 1. The van der Waals surface area contributed by atoms with Crippen molar-refractivity contribution in [1.29, 1.82) is 0 Å². The zero-order chi connectivity index (χ0) is 18.5. The molecule has 0 saturated heterocycles. The zero-order valence-corrected chi connectivity index (χ0v) is 14.5. The van der Waals surface area contributed by atoms with Crippen LogP contribution < -0.4 is 5.32 Å². The summed E-state index contributed by atoms with van der Waals surface area (Å²) in [5.41, 5.74) is 3.03. The molecule has 0 amide bonds. The van der Waals surface area contributed by atoms with E-state index < -0.39 is 0 Å². The molecule has 0 atom stereocenters. The maximum absolute atomic E-state index is 13.1. The monoisotopic (exact) mass is 359 g/mol. The number of nitrogens with zero attached hydrogens (tertiary/aromatic N) is 2. The van der Waals surface area contributed by atoms with Gasteiger partial charge in [0.2, 0.25) is 11.7 Å². The Morgan fingerprint density at radius 3 is 2.00 bits per heavy atom. The Morgan fingerprint density at radius 1 is 0.815 bits per heavy atom. The number of benzene rings is 3. The fourth-order valence-electron chi connectivity index (χ4n) is 2.95. The van der Waals surface area contributed by atoms with Crippen molar-refractivity contribution < 1.29 is 8.91 Å². The lowest BCUT2D eigenvalue weighted by Gasteiger charge is -2.18. The minimum Gasteiger partial charge on any atom is -0.338 e. The van der Waals surface area contributed by atoms with Crippen molar-refractivity contribution in [3.63, 3.8) is 0 Å². The van der Waals surface area contributed by atoms with Crippen LogP contribution in [-0.2, 0) is 6.54 Å². The van der Waals surface area contributed by atoms with Crippen molar-refractivity contribution in [2.75, 3.05) is 0 Å². The largest absolute Gasteiger partial charge is 0.338 e. The molecule has 0 bridgehead atoms. The van der Waals surface area contributed by atoms with Crippen LogP contribution in [0.5, 0.6) is 0 Å². The lowest BCUT2D eigenvalue weighted by atomic mass is 9.99. The van der Waals surface area contributed by atoms with E-state index in [-0.39, 0.29) is 11.9 Å². The van der Waals surface area contributed by atoms with Gasteiger partial charge in [0.05, 0.1) is 12.6 Å². The van der Waals surface area contributed by atoms with Gasteiger partial charge in [-0.3, -0.25) is 5.32 Å². The van der Waals surface area contributed by atoms with Crippen molar-refractivity contribution in [2.45, 2.75) is 12.6 Å². The first-order valence-electron chi connectivity index (χ1n) is 8.71. The van der Waals surface area contributed by atoms with E-state index in [1.165, 1.54) is 12.1 Å². The highest BCUT2D eigenvalue weighted by atomic mass is 19.1. The van der Waals surface area contributed by atoms with Crippen LogP contribution in [0.15, 0.2) is 89.5 Å². The third-order valence-corrected chi connectivity index (χ3v) is 4.29. The molecular weight excluding hydrogens is 341 g/mol. The Kier molecular flexibility index (Phi) is 5.03. The molecule has 0 aliphatic carbocycles. The van der Waals surface area contributed by atoms with Gasteiger partial charge in [-0.25, -0.2) is 4.39 Å². The molecule has 4 aromatic rings. The van der Waals surface area contributed by atoms with Gasteiger partial charge in [-0.1, -0.05) is 65.8 Å². The van der Waals surface area contributed by atoms with Gasteiger partial charge in [-0.05, 0) is 35.4 Å². The topological polar surface area (TPSA) is 51.0 Å². The van der Waals surface area contributed by atoms with Gasteiger partial charge in [0.15, 0.2) is 0 Å². The molecule has 0 fully saturated rings. The van der Waals surface area contributed by atoms with Crippen LogP contribution in [0.25, 0.3) is 11.4 Å². The lowest BCUT2D eigenvalue weighted by Crippen LogP contribution is -2.22. The van der Waals surface area contributed by atoms with Crippen molar-refractivity contribution in [3.8, 4) is 11.4 Å². The molecule has 134 valence electrons. The molecule has 1 heterocycles. The zero-order valence-electron chi connectivity index (χ0n) is 14.5. The minimum atomic E-state index is -0.294. The molecule has 5 heteroatoms. The van der Waals surface area contributed by atoms with Crippen LogP contribution >= 0.6 is 0 Å². The highest BCUT2D eigenvalue weighted by molar-refractivity contribution is 5.53. The summed E-state index contributed by atoms with van der Waals surface area (Å²) >= 11 is 0. The molecule has 1 N–H and O–H groups in total. The first kappa shape index (κ1) is 17.1. The Labute approximate surface area is 156 Å². The second-order valence-electron chi connectivity index (χ2n) is 6.15. The van der Waals surface area contributed by atoms with E-state index in [2.05, 4.69) is 39.7 Å². The average Bonchev–Trinajstić information content (AvgIpc) is 3.19. The van der Waals surface area contributed by atoms with Gasteiger partial charge in [0, 0.05) is 5.56 Å². The van der Waals surface area contributed by atoms with Gasteiger partial charge in [-0.15, -0.1) is 0 Å². The maximum atomic E-state index is 13.1. The highest BCUT2D eigenvalue weighted by Crippen LogP contribution is 2.22. The fourth-order valence-corrected chi connectivity index (χ4v) is 2.95. The Bertz CT molecular complexity index is 946. The molecule has 0 unspecified atom stereocenters. The molecule has 27 heavy (non-hydrogen) atoms. The van der Waals surface area contributed by atoms with Gasteiger partial charge in [0.25, 0.3) is 0 Å². The molecule has 4 rings (SSSR count). The smallest absolute Gasteiger partial charge is 0.240 e. The molecule has 0 aliphatic heterocycles. The van der Waals surface area contributed by atoms with E-state index in [0.717, 1.165) is 11.1 Å². The number of hydrogen-bond acceptors (Lipinski definition) is 4. The Balaban J connectivity index is 1.52. The van der Waals surface area contributed by atoms with Crippen LogP contribution in [0.4, 0.5) is 4.39 Å². The van der Waals surface area contributed by atoms with Gasteiger partial charge >= 0.3 is 0 Å². The molecule has 0 radical (unpaired) electrons. The van der Waals surface area contributed by atoms with E-state index >= 15 is 0 Å². The summed E-state index contributed by atoms with van der Waals surface area (Å²) < 4.78 is 18.4. The van der Waals surface area contributed by atoms with Crippen LogP contribution in [0.3, 0.4) is 0 Å². The molecule has 0 saturated carbocycles. The van der Waals surface area contributed by atoms with E-state index in [4.69, 9.17) is 4.52 Å². The Hall–Kier alpha value is -3.31.